The molecule has 0 bridgehead atoms. The van der Waals surface area contributed by atoms with Crippen LogP contribution in [-0.2, 0) is 0 Å². The van der Waals surface area contributed by atoms with Crippen LogP contribution < -0.4 is 0 Å². The molecule has 0 atom stereocenters. The Morgan fingerprint density at radius 3 is 2.24 bits per heavy atom. The van der Waals surface area contributed by atoms with Gasteiger partial charge in [-0.25, -0.2) is 4.39 Å². The normalized spacial score (nSPS) is 10.3. The Labute approximate surface area is 111 Å². The molecule has 0 aromatic heterocycles. The number of benzene rings is 2. The van der Waals surface area contributed by atoms with Crippen molar-refractivity contribution in [3.05, 3.63) is 68.9 Å². The summed E-state index contributed by atoms with van der Waals surface area (Å²) in [4.78, 5) is 12.0. The van der Waals surface area contributed by atoms with Crippen LogP contribution in [0.2, 0.25) is 5.02 Å². The van der Waals surface area contributed by atoms with Crippen molar-refractivity contribution in [2.75, 3.05) is 0 Å². The fourth-order valence-electron chi connectivity index (χ4n) is 1.41. The number of carbonyl (C=O) groups is 1. The zero-order valence-electron chi connectivity index (χ0n) is 8.58. The lowest BCUT2D eigenvalue weighted by molar-refractivity contribution is 0.103. The molecule has 2 aromatic rings. The lowest BCUT2D eigenvalue weighted by Gasteiger charge is -2.02. The van der Waals surface area contributed by atoms with E-state index in [4.69, 9.17) is 11.6 Å². The molecule has 0 aliphatic rings. The standard InChI is InChI=1S/C13H7BrClFO/c14-10-4-1-8(2-5-10)13(17)9-3-6-11(15)12(16)7-9/h1-7H. The highest BCUT2D eigenvalue weighted by Crippen LogP contribution is 2.19. The van der Waals surface area contributed by atoms with Gasteiger partial charge in [0.05, 0.1) is 5.02 Å². The third kappa shape index (κ3) is 2.73. The lowest BCUT2D eigenvalue weighted by Crippen LogP contribution is -2.01. The minimum Gasteiger partial charge on any atom is -0.289 e. The van der Waals surface area contributed by atoms with E-state index in [1.165, 1.54) is 12.1 Å². The molecule has 0 spiro atoms. The fourth-order valence-corrected chi connectivity index (χ4v) is 1.79. The molecular formula is C13H7BrClFO. The Morgan fingerprint density at radius 2 is 1.65 bits per heavy atom. The second-order valence-corrected chi connectivity index (χ2v) is 4.79. The molecule has 0 saturated heterocycles. The highest BCUT2D eigenvalue weighted by Gasteiger charge is 2.11. The first-order valence-electron chi connectivity index (χ1n) is 4.83. The monoisotopic (exact) mass is 312 g/mol. The number of hydrogen-bond donors (Lipinski definition) is 0. The van der Waals surface area contributed by atoms with Crippen molar-refractivity contribution < 1.29 is 9.18 Å². The van der Waals surface area contributed by atoms with Crippen LogP contribution >= 0.6 is 27.5 Å². The topological polar surface area (TPSA) is 17.1 Å². The average molecular weight is 314 g/mol. The first-order chi connectivity index (χ1) is 8.08. The van der Waals surface area contributed by atoms with E-state index in [9.17, 15) is 9.18 Å². The molecule has 0 saturated carbocycles. The molecule has 0 fully saturated rings. The third-order valence-electron chi connectivity index (χ3n) is 2.29. The van der Waals surface area contributed by atoms with Crippen LogP contribution in [0.5, 0.6) is 0 Å². The van der Waals surface area contributed by atoms with Gasteiger partial charge in [-0.15, -0.1) is 0 Å². The van der Waals surface area contributed by atoms with E-state index in [0.717, 1.165) is 10.5 Å². The van der Waals surface area contributed by atoms with Gasteiger partial charge in [0.15, 0.2) is 5.78 Å². The molecular weight excluding hydrogens is 306 g/mol. The van der Waals surface area contributed by atoms with Crippen molar-refractivity contribution in [1.82, 2.24) is 0 Å². The molecule has 0 N–H and O–H groups in total. The van der Waals surface area contributed by atoms with Crippen molar-refractivity contribution in [3.8, 4) is 0 Å². The summed E-state index contributed by atoms with van der Waals surface area (Å²) < 4.78 is 14.1. The molecule has 4 heteroatoms. The maximum atomic E-state index is 13.2. The van der Waals surface area contributed by atoms with Gasteiger partial charge in [-0.2, -0.15) is 0 Å². The zero-order valence-corrected chi connectivity index (χ0v) is 10.9. The third-order valence-corrected chi connectivity index (χ3v) is 3.12. The van der Waals surface area contributed by atoms with Crippen LogP contribution in [0.25, 0.3) is 0 Å². The quantitative estimate of drug-likeness (QED) is 0.748. The Balaban J connectivity index is 2.37. The number of halogens is 3. The Morgan fingerprint density at radius 1 is 1.06 bits per heavy atom. The van der Waals surface area contributed by atoms with E-state index < -0.39 is 5.82 Å². The maximum Gasteiger partial charge on any atom is 0.193 e. The Bertz CT molecular complexity index is 566. The summed E-state index contributed by atoms with van der Waals surface area (Å²) in [7, 11) is 0. The second-order valence-electron chi connectivity index (χ2n) is 3.46. The summed E-state index contributed by atoms with van der Waals surface area (Å²) in [6, 6.07) is 10.9. The molecule has 0 aliphatic carbocycles. The van der Waals surface area contributed by atoms with Crippen LogP contribution in [0, 0.1) is 5.82 Å². The van der Waals surface area contributed by atoms with Gasteiger partial charge >= 0.3 is 0 Å². The first kappa shape index (κ1) is 12.3. The molecule has 0 aliphatic heterocycles. The summed E-state index contributed by atoms with van der Waals surface area (Å²) in [5.41, 5.74) is 0.796. The van der Waals surface area contributed by atoms with Gasteiger partial charge < -0.3 is 0 Å². The second kappa shape index (κ2) is 4.98. The summed E-state index contributed by atoms with van der Waals surface area (Å²) in [6.45, 7) is 0. The van der Waals surface area contributed by atoms with Gasteiger partial charge in [-0.05, 0) is 42.5 Å². The molecule has 86 valence electrons. The Kier molecular flexibility index (Phi) is 3.60. The van der Waals surface area contributed by atoms with Gasteiger partial charge in [0, 0.05) is 15.6 Å². The van der Waals surface area contributed by atoms with Crippen LogP contribution in [0.15, 0.2) is 46.9 Å². The molecule has 0 radical (unpaired) electrons. The summed E-state index contributed by atoms with van der Waals surface area (Å²) >= 11 is 8.84. The molecule has 0 heterocycles. The van der Waals surface area contributed by atoms with E-state index in [1.54, 1.807) is 24.3 Å². The van der Waals surface area contributed by atoms with Crippen molar-refractivity contribution in [3.63, 3.8) is 0 Å². The lowest BCUT2D eigenvalue weighted by atomic mass is 10.0. The van der Waals surface area contributed by atoms with Crippen LogP contribution in [0.1, 0.15) is 15.9 Å². The SMILES string of the molecule is O=C(c1ccc(Br)cc1)c1ccc(Cl)c(F)c1. The number of rotatable bonds is 2. The predicted molar refractivity (Wildman–Crippen MR) is 69.0 cm³/mol. The minimum absolute atomic E-state index is 0.0114. The molecule has 1 nitrogen and oxygen atoms in total. The molecule has 2 rings (SSSR count). The van der Waals surface area contributed by atoms with Crippen LogP contribution in [-0.4, -0.2) is 5.78 Å². The molecule has 0 amide bonds. The van der Waals surface area contributed by atoms with Crippen molar-refractivity contribution in [2.45, 2.75) is 0 Å². The fraction of sp³-hybridized carbons (Fsp3) is 0. The van der Waals surface area contributed by atoms with Crippen molar-refractivity contribution >= 4 is 33.3 Å². The largest absolute Gasteiger partial charge is 0.289 e. The molecule has 17 heavy (non-hydrogen) atoms. The Hall–Kier alpha value is -1.19. The first-order valence-corrected chi connectivity index (χ1v) is 6.00. The average Bonchev–Trinajstić information content (AvgIpc) is 2.33. The van der Waals surface area contributed by atoms with Crippen molar-refractivity contribution in [1.29, 1.82) is 0 Å². The van der Waals surface area contributed by atoms with Crippen LogP contribution in [0.3, 0.4) is 0 Å². The van der Waals surface area contributed by atoms with E-state index in [0.29, 0.717) is 5.56 Å². The van der Waals surface area contributed by atoms with E-state index in [-0.39, 0.29) is 16.4 Å². The summed E-state index contributed by atoms with van der Waals surface area (Å²) in [5, 5.41) is 0.0114. The van der Waals surface area contributed by atoms with Gasteiger partial charge in [-0.3, -0.25) is 4.79 Å². The number of carbonyl (C=O) groups excluding carboxylic acids is 1. The maximum absolute atomic E-state index is 13.2. The van der Waals surface area contributed by atoms with Crippen LogP contribution in [0.4, 0.5) is 4.39 Å². The number of ketones is 1. The van der Waals surface area contributed by atoms with Gasteiger partial charge in [0.2, 0.25) is 0 Å². The molecule has 2 aromatic carbocycles. The minimum atomic E-state index is -0.588. The highest BCUT2D eigenvalue weighted by molar-refractivity contribution is 9.10. The van der Waals surface area contributed by atoms with Crippen molar-refractivity contribution in [2.24, 2.45) is 0 Å². The van der Waals surface area contributed by atoms with E-state index >= 15 is 0 Å². The summed E-state index contributed by atoms with van der Waals surface area (Å²) in [5.74, 6) is -0.817. The predicted octanol–water partition coefficient (Wildman–Crippen LogP) is 4.47. The smallest absolute Gasteiger partial charge is 0.193 e. The number of hydrogen-bond acceptors (Lipinski definition) is 1. The zero-order chi connectivity index (χ0) is 12.4. The van der Waals surface area contributed by atoms with Gasteiger partial charge in [0.25, 0.3) is 0 Å². The highest BCUT2D eigenvalue weighted by atomic mass is 79.9. The van der Waals surface area contributed by atoms with E-state index in [1.807, 2.05) is 0 Å². The summed E-state index contributed by atoms with van der Waals surface area (Å²) in [6.07, 6.45) is 0. The van der Waals surface area contributed by atoms with Gasteiger partial charge in [-0.1, -0.05) is 27.5 Å². The van der Waals surface area contributed by atoms with Gasteiger partial charge in [0.1, 0.15) is 5.82 Å². The van der Waals surface area contributed by atoms with E-state index in [2.05, 4.69) is 15.9 Å². The molecule has 0 unspecified atom stereocenters.